The zero-order valence-corrected chi connectivity index (χ0v) is 12.5. The van der Waals surface area contributed by atoms with Gasteiger partial charge in [-0.1, -0.05) is 0 Å². The minimum Gasteiger partial charge on any atom is -0.310 e. The van der Waals surface area contributed by atoms with Gasteiger partial charge in [0.25, 0.3) is 0 Å². The van der Waals surface area contributed by atoms with Crippen LogP contribution in [0.5, 0.6) is 0 Å². The highest BCUT2D eigenvalue weighted by Crippen LogP contribution is 2.20. The highest BCUT2D eigenvalue weighted by atomic mass is 79.9. The molecule has 1 aliphatic rings. The molecule has 5 heteroatoms. The number of rotatable bonds is 5. The number of nitrogens with zero attached hydrogens (tertiary/aromatic N) is 3. The second-order valence-corrected chi connectivity index (χ2v) is 5.95. The molecule has 2 aromatic heterocycles. The average molecular weight is 321 g/mol. The first kappa shape index (κ1) is 12.8. The Hall–Kier alpha value is -1.20. The highest BCUT2D eigenvalue weighted by molar-refractivity contribution is 9.10. The molecule has 0 amide bonds. The van der Waals surface area contributed by atoms with Gasteiger partial charge in [0.1, 0.15) is 0 Å². The van der Waals surface area contributed by atoms with Gasteiger partial charge in [-0.05, 0) is 47.8 Å². The molecule has 0 saturated heterocycles. The Kier molecular flexibility index (Phi) is 3.66. The standard InChI is InChI=1S/C14H17BrN4/c1-10-11(6-16-13-4-5-13)7-18-19(10)9-14-3-2-12(15)8-17-14/h2-3,7-8,13,16H,4-6,9H2,1H3. The molecule has 3 rings (SSSR count). The number of hydrogen-bond donors (Lipinski definition) is 1. The third-order valence-electron chi connectivity index (χ3n) is 3.46. The van der Waals surface area contributed by atoms with Gasteiger partial charge in [0.15, 0.2) is 0 Å². The van der Waals surface area contributed by atoms with Crippen LogP contribution in [0.25, 0.3) is 0 Å². The summed E-state index contributed by atoms with van der Waals surface area (Å²) >= 11 is 3.40. The van der Waals surface area contributed by atoms with Crippen molar-refractivity contribution < 1.29 is 0 Å². The van der Waals surface area contributed by atoms with E-state index in [0.717, 1.165) is 29.3 Å². The third kappa shape index (κ3) is 3.22. The molecule has 0 aliphatic heterocycles. The third-order valence-corrected chi connectivity index (χ3v) is 3.93. The molecule has 4 nitrogen and oxygen atoms in total. The van der Waals surface area contributed by atoms with Gasteiger partial charge in [-0.2, -0.15) is 5.10 Å². The maximum absolute atomic E-state index is 4.46. The van der Waals surface area contributed by atoms with Crippen LogP contribution in [0.3, 0.4) is 0 Å². The molecule has 2 heterocycles. The Labute approximate surface area is 121 Å². The minimum atomic E-state index is 0.725. The van der Waals surface area contributed by atoms with Gasteiger partial charge in [-0.3, -0.25) is 9.67 Å². The monoisotopic (exact) mass is 320 g/mol. The lowest BCUT2D eigenvalue weighted by Gasteiger charge is -2.06. The number of halogens is 1. The summed E-state index contributed by atoms with van der Waals surface area (Å²) in [5, 5.41) is 7.98. The summed E-state index contributed by atoms with van der Waals surface area (Å²) in [6, 6.07) is 4.76. The highest BCUT2D eigenvalue weighted by Gasteiger charge is 2.20. The van der Waals surface area contributed by atoms with Crippen LogP contribution in [0, 0.1) is 6.92 Å². The van der Waals surface area contributed by atoms with Crippen molar-refractivity contribution in [3.8, 4) is 0 Å². The van der Waals surface area contributed by atoms with Crippen LogP contribution in [0.1, 0.15) is 29.8 Å². The smallest absolute Gasteiger partial charge is 0.0834 e. The van der Waals surface area contributed by atoms with Crippen LogP contribution in [0.2, 0.25) is 0 Å². The lowest BCUT2D eigenvalue weighted by molar-refractivity contribution is 0.644. The molecular weight excluding hydrogens is 304 g/mol. The molecule has 0 radical (unpaired) electrons. The van der Waals surface area contributed by atoms with E-state index in [1.54, 1.807) is 0 Å². The molecule has 1 N–H and O–H groups in total. The summed E-state index contributed by atoms with van der Waals surface area (Å²) in [4.78, 5) is 4.38. The molecule has 1 fully saturated rings. The van der Waals surface area contributed by atoms with Crippen LogP contribution >= 0.6 is 15.9 Å². The summed E-state index contributed by atoms with van der Waals surface area (Å²) in [6.45, 7) is 3.77. The molecule has 2 aromatic rings. The van der Waals surface area contributed by atoms with Crippen molar-refractivity contribution >= 4 is 15.9 Å². The topological polar surface area (TPSA) is 42.7 Å². The maximum atomic E-state index is 4.46. The van der Waals surface area contributed by atoms with Crippen LogP contribution in [-0.4, -0.2) is 20.8 Å². The molecular formula is C14H17BrN4. The van der Waals surface area contributed by atoms with Crippen molar-refractivity contribution in [1.29, 1.82) is 0 Å². The van der Waals surface area contributed by atoms with E-state index in [1.165, 1.54) is 24.1 Å². The summed E-state index contributed by atoms with van der Waals surface area (Å²) in [5.41, 5.74) is 3.53. The van der Waals surface area contributed by atoms with Crippen LogP contribution < -0.4 is 5.32 Å². The van der Waals surface area contributed by atoms with Crippen molar-refractivity contribution in [1.82, 2.24) is 20.1 Å². The Morgan fingerprint density at radius 3 is 2.89 bits per heavy atom. The molecule has 0 aromatic carbocycles. The Morgan fingerprint density at radius 1 is 1.37 bits per heavy atom. The zero-order chi connectivity index (χ0) is 13.2. The predicted molar refractivity (Wildman–Crippen MR) is 77.9 cm³/mol. The van der Waals surface area contributed by atoms with Crippen molar-refractivity contribution in [2.75, 3.05) is 0 Å². The molecule has 0 atom stereocenters. The predicted octanol–water partition coefficient (Wildman–Crippen LogP) is 2.65. The summed E-state index contributed by atoms with van der Waals surface area (Å²) in [6.07, 6.45) is 6.42. The zero-order valence-electron chi connectivity index (χ0n) is 10.9. The molecule has 0 spiro atoms. The quantitative estimate of drug-likeness (QED) is 0.921. The molecule has 0 unspecified atom stereocenters. The minimum absolute atomic E-state index is 0.725. The van der Waals surface area contributed by atoms with E-state index in [4.69, 9.17) is 0 Å². The van der Waals surface area contributed by atoms with E-state index < -0.39 is 0 Å². The number of pyridine rings is 1. The fourth-order valence-corrected chi connectivity index (χ4v) is 2.25. The molecule has 0 bridgehead atoms. The first-order valence-electron chi connectivity index (χ1n) is 6.57. The first-order valence-corrected chi connectivity index (χ1v) is 7.37. The summed E-state index contributed by atoms with van der Waals surface area (Å²) < 4.78 is 3.02. The fourth-order valence-electron chi connectivity index (χ4n) is 2.01. The molecule has 1 aliphatic carbocycles. The van der Waals surface area contributed by atoms with Gasteiger partial charge in [-0.15, -0.1) is 0 Å². The van der Waals surface area contributed by atoms with E-state index in [1.807, 2.05) is 29.2 Å². The largest absolute Gasteiger partial charge is 0.310 e. The van der Waals surface area contributed by atoms with Gasteiger partial charge in [-0.25, -0.2) is 0 Å². The number of hydrogen-bond acceptors (Lipinski definition) is 3. The van der Waals surface area contributed by atoms with E-state index in [0.29, 0.717) is 0 Å². The van der Waals surface area contributed by atoms with Crippen molar-refractivity contribution in [2.45, 2.75) is 38.9 Å². The fraction of sp³-hybridized carbons (Fsp3) is 0.429. The van der Waals surface area contributed by atoms with Crippen LogP contribution in [-0.2, 0) is 13.1 Å². The average Bonchev–Trinajstić information content (AvgIpc) is 3.17. The summed E-state index contributed by atoms with van der Waals surface area (Å²) in [5.74, 6) is 0. The second kappa shape index (κ2) is 5.43. The van der Waals surface area contributed by atoms with Crippen molar-refractivity contribution in [3.63, 3.8) is 0 Å². The van der Waals surface area contributed by atoms with Crippen molar-refractivity contribution in [2.24, 2.45) is 0 Å². The number of nitrogens with one attached hydrogen (secondary N) is 1. The number of aromatic nitrogens is 3. The Morgan fingerprint density at radius 2 is 2.21 bits per heavy atom. The lowest BCUT2D eigenvalue weighted by atomic mass is 10.2. The van der Waals surface area contributed by atoms with Gasteiger partial charge >= 0.3 is 0 Å². The SMILES string of the molecule is Cc1c(CNC2CC2)cnn1Cc1ccc(Br)cn1. The van der Waals surface area contributed by atoms with Crippen LogP contribution in [0.4, 0.5) is 0 Å². The van der Waals surface area contributed by atoms with Gasteiger partial charge in [0.2, 0.25) is 0 Å². The first-order chi connectivity index (χ1) is 9.22. The lowest BCUT2D eigenvalue weighted by Crippen LogP contribution is -2.16. The van der Waals surface area contributed by atoms with Crippen LogP contribution in [0.15, 0.2) is 29.0 Å². The second-order valence-electron chi connectivity index (χ2n) is 5.04. The van der Waals surface area contributed by atoms with E-state index in [2.05, 4.69) is 38.3 Å². The van der Waals surface area contributed by atoms with E-state index >= 15 is 0 Å². The van der Waals surface area contributed by atoms with Gasteiger partial charge in [0.05, 0.1) is 18.4 Å². The van der Waals surface area contributed by atoms with Gasteiger partial charge < -0.3 is 5.32 Å². The Balaban J connectivity index is 1.68. The van der Waals surface area contributed by atoms with Crippen molar-refractivity contribution in [3.05, 3.63) is 46.0 Å². The summed E-state index contributed by atoms with van der Waals surface area (Å²) in [7, 11) is 0. The van der Waals surface area contributed by atoms with E-state index in [-0.39, 0.29) is 0 Å². The van der Waals surface area contributed by atoms with Gasteiger partial charge in [0, 0.05) is 34.5 Å². The van der Waals surface area contributed by atoms with E-state index in [9.17, 15) is 0 Å². The normalized spacial score (nSPS) is 14.8. The molecule has 100 valence electrons. The molecule has 1 saturated carbocycles. The Bertz CT molecular complexity index is 557. The maximum Gasteiger partial charge on any atom is 0.0834 e. The molecule has 19 heavy (non-hydrogen) atoms.